The fourth-order valence-electron chi connectivity index (χ4n) is 3.26. The molecule has 0 bridgehead atoms. The molecule has 0 N–H and O–H groups in total. The second-order valence-corrected chi connectivity index (χ2v) is 7.90. The number of fused-ring (bicyclic) bond motifs is 3. The van der Waals surface area contributed by atoms with Crippen LogP contribution in [0.2, 0.25) is 0 Å². The molecule has 0 saturated carbocycles. The topological polar surface area (TPSA) is 4.93 Å². The Morgan fingerprint density at radius 1 is 0.760 bits per heavy atom. The zero-order chi connectivity index (χ0) is 17.1. The number of nitrogens with zero attached hydrogens (tertiary/aromatic N) is 1. The molecule has 4 rings (SSSR count). The maximum atomic E-state index is 5.62. The van der Waals surface area contributed by atoms with Gasteiger partial charge in [-0.1, -0.05) is 78.9 Å². The normalized spacial score (nSPS) is 11.2. The average Bonchev–Trinajstić information content (AvgIpc) is 2.99. The fraction of sp³-hybridized carbons (Fsp3) is 0.136. The van der Waals surface area contributed by atoms with Crippen molar-refractivity contribution in [3.8, 4) is 0 Å². The highest BCUT2D eigenvalue weighted by Gasteiger charge is 2.10. The predicted octanol–water partition coefficient (Wildman–Crippen LogP) is 6.45. The number of thiocarbonyl (C=S) groups is 1. The molecule has 0 amide bonds. The van der Waals surface area contributed by atoms with Gasteiger partial charge in [0.1, 0.15) is 0 Å². The third kappa shape index (κ3) is 3.48. The van der Waals surface area contributed by atoms with Crippen LogP contribution in [0, 0.1) is 0 Å². The molecule has 0 fully saturated rings. The second-order valence-electron chi connectivity index (χ2n) is 6.08. The zero-order valence-electron chi connectivity index (χ0n) is 13.9. The summed E-state index contributed by atoms with van der Waals surface area (Å²) < 4.78 is 3.48. The lowest BCUT2D eigenvalue weighted by Crippen LogP contribution is -2.01. The maximum Gasteiger partial charge on any atom is 0.0499 e. The molecule has 25 heavy (non-hydrogen) atoms. The van der Waals surface area contributed by atoms with Crippen LogP contribution in [0.1, 0.15) is 12.0 Å². The van der Waals surface area contributed by atoms with E-state index in [9.17, 15) is 0 Å². The van der Waals surface area contributed by atoms with Gasteiger partial charge in [-0.2, -0.15) is 0 Å². The van der Waals surface area contributed by atoms with E-state index in [1.165, 1.54) is 27.4 Å². The number of rotatable bonds is 5. The van der Waals surface area contributed by atoms with E-state index in [2.05, 4.69) is 83.4 Å². The number of para-hydroxylation sites is 2. The highest BCUT2D eigenvalue weighted by molar-refractivity contribution is 8.22. The average molecular weight is 362 g/mol. The molecule has 1 aromatic heterocycles. The molecule has 1 heterocycles. The number of thioether (sulfide) groups is 1. The largest absolute Gasteiger partial charge is 0.340 e. The molecule has 0 saturated heterocycles. The summed E-state index contributed by atoms with van der Waals surface area (Å²) in [5, 5.41) is 2.64. The van der Waals surface area contributed by atoms with Gasteiger partial charge in [0, 0.05) is 44.7 Å². The molecule has 0 unspecified atom stereocenters. The Labute approximate surface area is 157 Å². The minimum Gasteiger partial charge on any atom is -0.340 e. The van der Waals surface area contributed by atoms with Crippen LogP contribution in [0.15, 0.2) is 78.9 Å². The Morgan fingerprint density at radius 2 is 1.32 bits per heavy atom. The van der Waals surface area contributed by atoms with Gasteiger partial charge < -0.3 is 4.57 Å². The first-order valence-electron chi connectivity index (χ1n) is 8.48. The van der Waals surface area contributed by atoms with Crippen LogP contribution in [0.4, 0.5) is 0 Å². The van der Waals surface area contributed by atoms with Crippen LogP contribution in [0.5, 0.6) is 0 Å². The number of benzene rings is 3. The molecule has 0 aliphatic heterocycles. The molecule has 3 heteroatoms. The summed E-state index contributed by atoms with van der Waals surface area (Å²) in [7, 11) is 0. The van der Waals surface area contributed by atoms with E-state index in [-0.39, 0.29) is 0 Å². The summed E-state index contributed by atoms with van der Waals surface area (Å²) in [4.78, 5) is 0. The van der Waals surface area contributed by atoms with Crippen LogP contribution in [0.3, 0.4) is 0 Å². The molecule has 0 radical (unpaired) electrons. The van der Waals surface area contributed by atoms with E-state index < -0.39 is 0 Å². The molecule has 0 spiro atoms. The Kier molecular flexibility index (Phi) is 4.86. The first kappa shape index (κ1) is 16.4. The highest BCUT2D eigenvalue weighted by atomic mass is 32.2. The SMILES string of the molecule is S=C(CCn1c2ccccc2c2ccccc21)SCc1ccccc1. The lowest BCUT2D eigenvalue weighted by atomic mass is 10.2. The molecule has 124 valence electrons. The van der Waals surface area contributed by atoms with Crippen LogP contribution in [-0.4, -0.2) is 8.76 Å². The number of aromatic nitrogens is 1. The third-order valence-corrected chi connectivity index (χ3v) is 6.02. The second kappa shape index (κ2) is 7.42. The molecule has 0 aliphatic carbocycles. The molecule has 0 atom stereocenters. The van der Waals surface area contributed by atoms with Crippen molar-refractivity contribution in [3.63, 3.8) is 0 Å². The molecule has 1 nitrogen and oxygen atoms in total. The van der Waals surface area contributed by atoms with Gasteiger partial charge in [0.05, 0.1) is 0 Å². The lowest BCUT2D eigenvalue weighted by Gasteiger charge is -2.08. The van der Waals surface area contributed by atoms with E-state index in [4.69, 9.17) is 12.2 Å². The summed E-state index contributed by atoms with van der Waals surface area (Å²) in [5.41, 5.74) is 3.91. The van der Waals surface area contributed by atoms with Gasteiger partial charge in [-0.3, -0.25) is 0 Å². The zero-order valence-corrected chi connectivity index (χ0v) is 15.5. The number of hydrogen-bond donors (Lipinski definition) is 0. The summed E-state index contributed by atoms with van der Waals surface area (Å²) >= 11 is 7.40. The Morgan fingerprint density at radius 3 is 1.96 bits per heavy atom. The summed E-state index contributed by atoms with van der Waals surface area (Å²) in [5.74, 6) is 0.951. The van der Waals surface area contributed by atoms with Crippen LogP contribution in [0.25, 0.3) is 21.8 Å². The Bertz CT molecular complexity index is 965. The predicted molar refractivity (Wildman–Crippen MR) is 114 cm³/mol. The van der Waals surface area contributed by atoms with E-state index in [1.807, 2.05) is 0 Å². The van der Waals surface area contributed by atoms with E-state index in [1.54, 1.807) is 11.8 Å². The lowest BCUT2D eigenvalue weighted by molar-refractivity contribution is 0.789. The van der Waals surface area contributed by atoms with Gasteiger partial charge >= 0.3 is 0 Å². The van der Waals surface area contributed by atoms with E-state index in [0.29, 0.717) is 0 Å². The van der Waals surface area contributed by atoms with Gasteiger partial charge in [0.15, 0.2) is 0 Å². The van der Waals surface area contributed by atoms with Crippen molar-refractivity contribution in [2.75, 3.05) is 0 Å². The smallest absolute Gasteiger partial charge is 0.0499 e. The number of aryl methyl sites for hydroxylation is 1. The van der Waals surface area contributed by atoms with E-state index in [0.717, 1.165) is 22.9 Å². The van der Waals surface area contributed by atoms with Crippen molar-refractivity contribution in [2.45, 2.75) is 18.7 Å². The van der Waals surface area contributed by atoms with Crippen molar-refractivity contribution in [2.24, 2.45) is 0 Å². The van der Waals surface area contributed by atoms with Gasteiger partial charge in [0.25, 0.3) is 0 Å². The van der Waals surface area contributed by atoms with Gasteiger partial charge in [-0.25, -0.2) is 0 Å². The molecule has 0 aliphatic rings. The van der Waals surface area contributed by atoms with Crippen molar-refractivity contribution < 1.29 is 0 Å². The van der Waals surface area contributed by atoms with Crippen molar-refractivity contribution in [3.05, 3.63) is 84.4 Å². The Hall–Kier alpha value is -2.10. The molecule has 4 aromatic rings. The minimum absolute atomic E-state index is 0.912. The van der Waals surface area contributed by atoms with Crippen LogP contribution in [-0.2, 0) is 12.3 Å². The summed E-state index contributed by atoms with van der Waals surface area (Å²) in [6.45, 7) is 0.925. The van der Waals surface area contributed by atoms with Crippen LogP contribution < -0.4 is 0 Å². The highest BCUT2D eigenvalue weighted by Crippen LogP contribution is 2.29. The monoisotopic (exact) mass is 361 g/mol. The Balaban J connectivity index is 1.51. The molecule has 3 aromatic carbocycles. The van der Waals surface area contributed by atoms with Gasteiger partial charge in [-0.05, 0) is 17.7 Å². The van der Waals surface area contributed by atoms with Crippen molar-refractivity contribution in [1.82, 2.24) is 4.57 Å². The number of hydrogen-bond acceptors (Lipinski definition) is 2. The standard InChI is InChI=1S/C22H19NS2/c24-22(25-16-17-8-2-1-3-9-17)14-15-23-20-12-6-4-10-18(20)19-11-5-7-13-21(19)23/h1-13H,14-16H2. The first-order chi connectivity index (χ1) is 12.3. The fourth-order valence-corrected chi connectivity index (χ4v) is 4.28. The van der Waals surface area contributed by atoms with E-state index >= 15 is 0 Å². The first-order valence-corrected chi connectivity index (χ1v) is 9.88. The van der Waals surface area contributed by atoms with Gasteiger partial charge in [0.2, 0.25) is 0 Å². The third-order valence-electron chi connectivity index (χ3n) is 4.46. The quantitative estimate of drug-likeness (QED) is 0.377. The molecular weight excluding hydrogens is 342 g/mol. The summed E-state index contributed by atoms with van der Waals surface area (Å²) in [6, 6.07) is 27.8. The minimum atomic E-state index is 0.912. The maximum absolute atomic E-state index is 5.62. The van der Waals surface area contributed by atoms with Crippen molar-refractivity contribution in [1.29, 1.82) is 0 Å². The van der Waals surface area contributed by atoms with Crippen LogP contribution >= 0.6 is 24.0 Å². The summed E-state index contributed by atoms with van der Waals surface area (Å²) in [6.07, 6.45) is 0.912. The van der Waals surface area contributed by atoms with Crippen molar-refractivity contribution >= 4 is 50.0 Å². The van der Waals surface area contributed by atoms with Gasteiger partial charge in [-0.15, -0.1) is 11.8 Å². The molecular formula is C22H19NS2.